The van der Waals surface area contributed by atoms with Crippen LogP contribution >= 0.6 is 0 Å². The van der Waals surface area contributed by atoms with Crippen molar-refractivity contribution in [2.75, 3.05) is 131 Å². The van der Waals surface area contributed by atoms with Crippen molar-refractivity contribution < 1.29 is 42.2 Å². The lowest BCUT2D eigenvalue weighted by molar-refractivity contribution is 0.0903. The van der Waals surface area contributed by atoms with Crippen molar-refractivity contribution in [1.82, 2.24) is 75.3 Å². The van der Waals surface area contributed by atoms with Gasteiger partial charge in [-0.3, -0.25) is 33.8 Å². The zero-order valence-corrected chi connectivity index (χ0v) is 70.3. The van der Waals surface area contributed by atoms with Gasteiger partial charge in [-0.2, -0.15) is 10.2 Å². The largest absolute Gasteiger partial charge is 0.381 e. The van der Waals surface area contributed by atoms with Crippen molar-refractivity contribution in [1.29, 1.82) is 0 Å². The van der Waals surface area contributed by atoms with Gasteiger partial charge in [0.15, 0.2) is 11.3 Å². The van der Waals surface area contributed by atoms with Crippen LogP contribution < -0.4 is 31.9 Å². The van der Waals surface area contributed by atoms with Gasteiger partial charge in [0.25, 0.3) is 23.6 Å². The normalized spacial score (nSPS) is 15.1. The molecule has 0 saturated carbocycles. The van der Waals surface area contributed by atoms with Gasteiger partial charge >= 0.3 is 0 Å². The first-order chi connectivity index (χ1) is 57.8. The van der Waals surface area contributed by atoms with Crippen molar-refractivity contribution in [3.63, 3.8) is 0 Å². The molecule has 0 radical (unpaired) electrons. The molecular formula is C93H117F2N17O7. The summed E-state index contributed by atoms with van der Waals surface area (Å²) in [5, 5.41) is 30.4. The predicted octanol–water partition coefficient (Wildman–Crippen LogP) is 13.1. The summed E-state index contributed by atoms with van der Waals surface area (Å²) < 4.78 is 44.9. The molecule has 24 nitrogen and oxygen atoms in total. The van der Waals surface area contributed by atoms with E-state index < -0.39 is 5.82 Å². The molecule has 4 aliphatic rings. The molecule has 8 heterocycles. The van der Waals surface area contributed by atoms with Crippen LogP contribution in [-0.2, 0) is 68.1 Å². The van der Waals surface area contributed by atoms with Gasteiger partial charge in [0.1, 0.15) is 17.9 Å². The fourth-order valence-electron chi connectivity index (χ4n) is 15.6. The average molecular weight is 1620 g/mol. The second-order valence-electron chi connectivity index (χ2n) is 31.6. The zero-order valence-electron chi connectivity index (χ0n) is 70.3. The SMILES string of the molecule is CCc1nc2c(cnn2CC)c(NC2CCOCC2)c1CNC(=O)c1cccc(C(=O)NCc2ccc(F)c(-c3cccc(C=O)c3)c2)c1.CCc1nc2c(cnn2CC)c(NC2CCOCC2)c1CNC(=O)c1cccc(C(=O)NCc2ccc(F)c(-c3cccc(CN4CCN(CCN(C)C)CC4)c3)c2)c1.CN(C)CCN1CCCCC1. The lowest BCUT2D eigenvalue weighted by Crippen LogP contribution is -2.47. The summed E-state index contributed by atoms with van der Waals surface area (Å²) in [5.41, 5.74) is 13.8. The number of aryl methyl sites for hydroxylation is 4. The van der Waals surface area contributed by atoms with Crippen molar-refractivity contribution in [2.45, 2.75) is 143 Å². The number of piperidine rings is 1. The van der Waals surface area contributed by atoms with Gasteiger partial charge in [-0.1, -0.05) is 80.9 Å². The van der Waals surface area contributed by atoms with Gasteiger partial charge in [-0.15, -0.1) is 0 Å². The van der Waals surface area contributed by atoms with Crippen LogP contribution in [0.5, 0.6) is 0 Å². The van der Waals surface area contributed by atoms with Gasteiger partial charge < -0.3 is 56.1 Å². The Balaban J connectivity index is 0.000000196. The maximum absolute atomic E-state index is 15.3. The molecule has 6 N–H and O–H groups in total. The van der Waals surface area contributed by atoms with E-state index in [9.17, 15) is 28.4 Å². The van der Waals surface area contributed by atoms with E-state index in [1.54, 1.807) is 97.1 Å². The summed E-state index contributed by atoms with van der Waals surface area (Å²) in [6.07, 6.45) is 13.6. The van der Waals surface area contributed by atoms with E-state index in [-0.39, 0.29) is 67.7 Å². The minimum absolute atomic E-state index is 0.142. The Labute approximate surface area is 698 Å². The first-order valence-corrected chi connectivity index (χ1v) is 42.3. The van der Waals surface area contributed by atoms with Gasteiger partial charge in [0.2, 0.25) is 0 Å². The number of rotatable bonds is 31. The number of hydrogen-bond donors (Lipinski definition) is 6. The number of carbonyl (C=O) groups is 5. The Bertz CT molecular complexity index is 5080. The van der Waals surface area contributed by atoms with E-state index in [0.717, 1.165) is 144 Å². The fraction of sp³-hybridized carbons (Fsp3) is 0.430. The number of anilines is 2. The van der Waals surface area contributed by atoms with Gasteiger partial charge in [0, 0.05) is 198 Å². The van der Waals surface area contributed by atoms with E-state index >= 15 is 4.39 Å². The third-order valence-electron chi connectivity index (χ3n) is 22.6. The number of ether oxygens (including phenoxy) is 2. The molecule has 119 heavy (non-hydrogen) atoms. The van der Waals surface area contributed by atoms with E-state index in [0.29, 0.717) is 109 Å². The number of halogens is 2. The summed E-state index contributed by atoms with van der Waals surface area (Å²) >= 11 is 0. The van der Waals surface area contributed by atoms with Gasteiger partial charge in [-0.25, -0.2) is 28.1 Å². The van der Waals surface area contributed by atoms with Crippen LogP contribution in [-0.4, -0.2) is 216 Å². The molecule has 10 aromatic rings. The summed E-state index contributed by atoms with van der Waals surface area (Å²) in [6, 6.07) is 38.0. The Morgan fingerprint density at radius 2 is 0.882 bits per heavy atom. The average Bonchev–Trinajstić information content (AvgIpc) is 1.67. The number of likely N-dealkylation sites (N-methyl/N-ethyl adjacent to an activating group) is 2. The number of fused-ring (bicyclic) bond motifs is 2. The van der Waals surface area contributed by atoms with Crippen LogP contribution in [0.3, 0.4) is 0 Å². The summed E-state index contributed by atoms with van der Waals surface area (Å²) in [4.78, 5) is 86.8. The number of aromatic nitrogens is 6. The Hall–Kier alpha value is -10.7. The number of pyridine rings is 2. The van der Waals surface area contributed by atoms with Crippen LogP contribution in [0.25, 0.3) is 44.3 Å². The van der Waals surface area contributed by atoms with Crippen molar-refractivity contribution in [2.24, 2.45) is 0 Å². The molecule has 0 unspecified atom stereocenters. The minimum atomic E-state index is -0.430. The molecule has 0 aliphatic carbocycles. The predicted molar refractivity (Wildman–Crippen MR) is 466 cm³/mol. The molecule has 4 fully saturated rings. The fourth-order valence-corrected chi connectivity index (χ4v) is 15.6. The lowest BCUT2D eigenvalue weighted by atomic mass is 10.00. The molecule has 26 heteroatoms. The molecule has 4 amide bonds. The van der Waals surface area contributed by atoms with E-state index in [1.807, 2.05) is 54.7 Å². The van der Waals surface area contributed by atoms with Crippen LogP contribution in [0.15, 0.2) is 146 Å². The molecule has 4 aliphatic heterocycles. The van der Waals surface area contributed by atoms with Crippen LogP contribution in [0, 0.1) is 11.6 Å². The van der Waals surface area contributed by atoms with E-state index in [2.05, 4.69) is 114 Å². The number of likely N-dealkylation sites (tertiary alicyclic amines) is 1. The minimum Gasteiger partial charge on any atom is -0.381 e. The van der Waals surface area contributed by atoms with Crippen LogP contribution in [0.4, 0.5) is 20.2 Å². The highest BCUT2D eigenvalue weighted by Gasteiger charge is 2.27. The number of benzene rings is 6. The molecule has 0 spiro atoms. The molecule has 6 aromatic carbocycles. The standard InChI is InChI=1S/C46H58FN9O3.C38H39FN6O4.C9H20N2/c1-5-42-39(43(51-37-15-23-59-24-16-37)40-30-50-56(6-2)44(40)52-42)29-49-46(58)36-12-8-11-35(27-36)45(57)48-28-32-13-14-41(47)38(26-32)34-10-7-9-33(25-34)31-55-21-19-54(20-22-55)18-17-53(3)4;1-3-34-31(35(43-29-13-15-49-16-14-29)32-22-42-45(4-2)36(32)44-34)21-41-38(48)28-10-6-9-27(19-28)37(47)40-20-24-11-12-33(39)30(18-24)26-8-5-7-25(17-26)23-46;1-10(2)8-9-11-6-4-3-5-7-11/h7-14,25-27,30,37H,5-6,15-24,28-29,31H2,1-4H3,(H,48,57)(H,49,58)(H,51,52);5-12,17-19,22-23,29H,3-4,13-16,20-21H2,1-2H3,(H,40,47)(H,41,48)(H,43,44);3-9H2,1-2H3. The topological polar surface area (TPSA) is 254 Å². The highest BCUT2D eigenvalue weighted by Crippen LogP contribution is 2.35. The third kappa shape index (κ3) is 23.9. The number of carbonyl (C=O) groups excluding carboxylic acids is 5. The summed E-state index contributed by atoms with van der Waals surface area (Å²) in [5.74, 6) is -2.05. The summed E-state index contributed by atoms with van der Waals surface area (Å²) in [6.45, 7) is 25.4. The van der Waals surface area contributed by atoms with Crippen molar-refractivity contribution >= 4 is 63.4 Å². The quantitative estimate of drug-likeness (QED) is 0.0221. The maximum atomic E-state index is 15.3. The third-order valence-corrected chi connectivity index (χ3v) is 22.6. The first-order valence-electron chi connectivity index (χ1n) is 42.3. The van der Waals surface area contributed by atoms with Crippen molar-refractivity contribution in [3.05, 3.63) is 225 Å². The summed E-state index contributed by atoms with van der Waals surface area (Å²) in [7, 11) is 8.50. The molecule has 0 atom stereocenters. The lowest BCUT2D eigenvalue weighted by Gasteiger charge is -2.35. The zero-order chi connectivity index (χ0) is 83.7. The smallest absolute Gasteiger partial charge is 0.251 e. The number of hydrogen-bond acceptors (Lipinski definition) is 18. The Morgan fingerprint density at radius 3 is 1.31 bits per heavy atom. The van der Waals surface area contributed by atoms with Gasteiger partial charge in [-0.05, 0) is 207 Å². The Morgan fingerprint density at radius 1 is 0.471 bits per heavy atom. The second-order valence-corrected chi connectivity index (χ2v) is 31.6. The Kier molecular flexibility index (Phi) is 31.9. The molecule has 630 valence electrons. The second kappa shape index (κ2) is 43.3. The van der Waals surface area contributed by atoms with Gasteiger partial charge in [0.05, 0.1) is 34.5 Å². The highest BCUT2D eigenvalue weighted by molar-refractivity contribution is 6.01. The van der Waals surface area contributed by atoms with Crippen LogP contribution in [0.1, 0.15) is 164 Å². The molecular weight excluding hydrogens is 1510 g/mol. The van der Waals surface area contributed by atoms with E-state index in [4.69, 9.17) is 19.4 Å². The first kappa shape index (κ1) is 87.6. The molecule has 0 bridgehead atoms. The van der Waals surface area contributed by atoms with Crippen molar-refractivity contribution in [3.8, 4) is 22.3 Å². The molecule has 14 rings (SSSR count). The number of nitrogens with one attached hydrogen (secondary N) is 6. The van der Waals surface area contributed by atoms with Crippen LogP contribution in [0.2, 0.25) is 0 Å². The number of aldehydes is 1. The monoisotopic (exact) mass is 1620 g/mol. The van der Waals surface area contributed by atoms with E-state index in [1.165, 1.54) is 57.6 Å². The number of piperazine rings is 1. The maximum Gasteiger partial charge on any atom is 0.251 e. The highest BCUT2D eigenvalue weighted by atomic mass is 19.1. The molecule has 4 aromatic heterocycles. The molecule has 4 saturated heterocycles. The number of amides is 4. The number of nitrogens with zero attached hydrogens (tertiary/aromatic N) is 11.